The number of carbonyl (C=O) groups excluding carboxylic acids is 2. The van der Waals surface area contributed by atoms with Crippen LogP contribution in [0.4, 0.5) is 8.78 Å². The molecule has 1 aliphatic heterocycles. The number of hydrogen-bond acceptors (Lipinski definition) is 5. The predicted octanol–water partition coefficient (Wildman–Crippen LogP) is 3.48. The average molecular weight is 487 g/mol. The highest BCUT2D eigenvalue weighted by molar-refractivity contribution is 6.03. The van der Waals surface area contributed by atoms with Gasteiger partial charge in [-0.05, 0) is 43.0 Å². The summed E-state index contributed by atoms with van der Waals surface area (Å²) >= 11 is 0. The number of nitrogens with one attached hydrogen (secondary N) is 1. The molecule has 1 aliphatic rings. The minimum atomic E-state index is -0.908. The second-order valence-corrected chi connectivity index (χ2v) is 9.02. The molecule has 8 nitrogen and oxygen atoms in total. The van der Waals surface area contributed by atoms with Gasteiger partial charge < -0.3 is 20.1 Å². The lowest BCUT2D eigenvalue weighted by Crippen LogP contribution is -2.52. The van der Waals surface area contributed by atoms with Crippen molar-refractivity contribution in [3.05, 3.63) is 53.7 Å². The Morgan fingerprint density at radius 3 is 2.77 bits per heavy atom. The number of aromatic nitrogens is 2. The van der Waals surface area contributed by atoms with E-state index in [4.69, 9.17) is 4.74 Å². The number of ether oxygens (including phenoxy) is 1. The third-order valence-corrected chi connectivity index (χ3v) is 5.85. The zero-order valence-electron chi connectivity index (χ0n) is 19.6. The van der Waals surface area contributed by atoms with Crippen molar-refractivity contribution in [2.45, 2.75) is 39.3 Å². The number of rotatable bonds is 8. The lowest BCUT2D eigenvalue weighted by molar-refractivity contribution is -0.136. The molecular formula is C25H28F2N4O4. The van der Waals surface area contributed by atoms with Gasteiger partial charge in [0, 0.05) is 31.1 Å². The molecule has 2 aromatic carbocycles. The van der Waals surface area contributed by atoms with Gasteiger partial charge in [0.15, 0.2) is 11.6 Å². The minimum absolute atomic E-state index is 0.0556. The van der Waals surface area contributed by atoms with E-state index in [2.05, 4.69) is 10.4 Å². The fourth-order valence-electron chi connectivity index (χ4n) is 4.19. The zero-order chi connectivity index (χ0) is 25.1. The summed E-state index contributed by atoms with van der Waals surface area (Å²) in [7, 11) is 0. The van der Waals surface area contributed by atoms with Crippen molar-refractivity contribution in [1.82, 2.24) is 20.0 Å². The van der Waals surface area contributed by atoms with Gasteiger partial charge in [0.25, 0.3) is 5.91 Å². The Morgan fingerprint density at radius 1 is 1.26 bits per heavy atom. The number of aliphatic hydroxyl groups is 1. The number of β-amino-alcohol motifs (C(OH)–C–C–N with tert-alkyl or cyclic N) is 1. The standard InChI is InChI=1S/C25H28F2N4O4/c1-15(2)14-31-21-12-18(24(33)29-20-4-3-7-30(8-9-32)25(20)34)23(10-16(21)13-28-31)35-22-6-5-17(26)11-19(22)27/h5-6,10-13,15,20,32H,3-4,7-9,14H2,1-2H3,(H,29,33). The molecule has 0 spiro atoms. The Hall–Kier alpha value is -3.53. The van der Waals surface area contributed by atoms with Gasteiger partial charge in [-0.2, -0.15) is 5.10 Å². The number of amides is 2. The Morgan fingerprint density at radius 2 is 2.06 bits per heavy atom. The van der Waals surface area contributed by atoms with Crippen molar-refractivity contribution >= 4 is 22.7 Å². The number of likely N-dealkylation sites (tertiary alicyclic amines) is 1. The van der Waals surface area contributed by atoms with Gasteiger partial charge in [-0.3, -0.25) is 14.3 Å². The smallest absolute Gasteiger partial charge is 0.255 e. The van der Waals surface area contributed by atoms with Gasteiger partial charge in [0.1, 0.15) is 17.6 Å². The molecule has 1 unspecified atom stereocenters. The molecule has 3 aromatic rings. The molecule has 1 fully saturated rings. The summed E-state index contributed by atoms with van der Waals surface area (Å²) in [4.78, 5) is 27.6. The molecule has 0 saturated carbocycles. The van der Waals surface area contributed by atoms with E-state index >= 15 is 0 Å². The van der Waals surface area contributed by atoms with Gasteiger partial charge in [-0.1, -0.05) is 13.8 Å². The molecule has 10 heteroatoms. The van der Waals surface area contributed by atoms with Gasteiger partial charge in [-0.25, -0.2) is 8.78 Å². The van der Waals surface area contributed by atoms with Crippen LogP contribution in [0, 0.1) is 17.6 Å². The van der Waals surface area contributed by atoms with Gasteiger partial charge in [0.05, 0.1) is 23.9 Å². The van der Waals surface area contributed by atoms with Gasteiger partial charge in [-0.15, -0.1) is 0 Å². The van der Waals surface area contributed by atoms with Crippen LogP contribution in [-0.4, -0.2) is 57.3 Å². The third kappa shape index (κ3) is 5.43. The molecule has 0 radical (unpaired) electrons. The highest BCUT2D eigenvalue weighted by Gasteiger charge is 2.31. The summed E-state index contributed by atoms with van der Waals surface area (Å²) in [5.41, 5.74) is 0.784. The van der Waals surface area contributed by atoms with Crippen LogP contribution < -0.4 is 10.1 Å². The number of piperidine rings is 1. The van der Waals surface area contributed by atoms with Crippen molar-refractivity contribution in [2.75, 3.05) is 19.7 Å². The lowest BCUT2D eigenvalue weighted by Gasteiger charge is -2.32. The van der Waals surface area contributed by atoms with Crippen LogP contribution in [0.15, 0.2) is 36.5 Å². The molecule has 35 heavy (non-hydrogen) atoms. The van der Waals surface area contributed by atoms with E-state index < -0.39 is 23.6 Å². The molecule has 1 saturated heterocycles. The molecule has 1 aromatic heterocycles. The summed E-state index contributed by atoms with van der Waals surface area (Å²) in [6.07, 6.45) is 2.77. The number of aliphatic hydroxyl groups excluding tert-OH is 1. The van der Waals surface area contributed by atoms with Crippen LogP contribution in [0.1, 0.15) is 37.0 Å². The van der Waals surface area contributed by atoms with Crippen LogP contribution in [-0.2, 0) is 11.3 Å². The maximum atomic E-state index is 14.3. The van der Waals surface area contributed by atoms with E-state index in [1.54, 1.807) is 23.0 Å². The van der Waals surface area contributed by atoms with Crippen LogP contribution in [0.3, 0.4) is 0 Å². The minimum Gasteiger partial charge on any atom is -0.453 e. The quantitative estimate of drug-likeness (QED) is 0.508. The van der Waals surface area contributed by atoms with Crippen LogP contribution in [0.5, 0.6) is 11.5 Å². The molecular weight excluding hydrogens is 458 g/mol. The molecule has 0 bridgehead atoms. The van der Waals surface area contributed by atoms with Crippen LogP contribution >= 0.6 is 0 Å². The van der Waals surface area contributed by atoms with Gasteiger partial charge in [0.2, 0.25) is 5.91 Å². The van der Waals surface area contributed by atoms with E-state index in [-0.39, 0.29) is 36.1 Å². The van der Waals surface area contributed by atoms with Crippen molar-refractivity contribution in [3.8, 4) is 11.5 Å². The number of nitrogens with zero attached hydrogens (tertiary/aromatic N) is 3. The highest BCUT2D eigenvalue weighted by atomic mass is 19.1. The average Bonchev–Trinajstić information content (AvgIpc) is 3.18. The molecule has 2 amide bonds. The van der Waals surface area contributed by atoms with E-state index in [9.17, 15) is 23.5 Å². The van der Waals surface area contributed by atoms with Crippen molar-refractivity contribution in [3.63, 3.8) is 0 Å². The first-order valence-corrected chi connectivity index (χ1v) is 11.6. The van der Waals surface area contributed by atoms with Crippen molar-refractivity contribution < 1.29 is 28.2 Å². The normalized spacial score (nSPS) is 16.2. The Kier molecular flexibility index (Phi) is 7.30. The first-order chi connectivity index (χ1) is 16.8. The van der Waals surface area contributed by atoms with Crippen LogP contribution in [0.2, 0.25) is 0 Å². The Balaban J connectivity index is 1.70. The topological polar surface area (TPSA) is 96.7 Å². The SMILES string of the molecule is CC(C)Cn1ncc2cc(Oc3ccc(F)cc3F)c(C(=O)NC3CCCN(CCO)C3=O)cc21. The van der Waals surface area contributed by atoms with Crippen LogP contribution in [0.25, 0.3) is 10.9 Å². The second kappa shape index (κ2) is 10.4. The maximum Gasteiger partial charge on any atom is 0.255 e. The molecule has 186 valence electrons. The summed E-state index contributed by atoms with van der Waals surface area (Å²) in [5.74, 6) is -2.37. The summed E-state index contributed by atoms with van der Waals surface area (Å²) in [5, 5.41) is 17.0. The first kappa shape index (κ1) is 24.6. The second-order valence-electron chi connectivity index (χ2n) is 9.02. The maximum absolute atomic E-state index is 14.3. The summed E-state index contributed by atoms with van der Waals surface area (Å²) in [6, 6.07) is 5.34. The molecule has 0 aliphatic carbocycles. The highest BCUT2D eigenvalue weighted by Crippen LogP contribution is 2.32. The molecule has 2 heterocycles. The number of hydrogen-bond donors (Lipinski definition) is 2. The number of fused-ring (bicyclic) bond motifs is 1. The predicted molar refractivity (Wildman–Crippen MR) is 125 cm³/mol. The van der Waals surface area contributed by atoms with E-state index in [0.29, 0.717) is 48.8 Å². The summed E-state index contributed by atoms with van der Waals surface area (Å²) < 4.78 is 35.2. The Bertz CT molecular complexity index is 1240. The first-order valence-electron chi connectivity index (χ1n) is 11.6. The summed E-state index contributed by atoms with van der Waals surface area (Å²) in [6.45, 7) is 5.26. The van der Waals surface area contributed by atoms with Gasteiger partial charge >= 0.3 is 0 Å². The molecule has 2 N–H and O–H groups in total. The third-order valence-electron chi connectivity index (χ3n) is 5.85. The van der Waals surface area contributed by atoms with E-state index in [1.165, 1.54) is 4.90 Å². The van der Waals surface area contributed by atoms with Crippen molar-refractivity contribution in [1.29, 1.82) is 0 Å². The Labute approximate surface area is 201 Å². The number of halogens is 2. The fourth-order valence-corrected chi connectivity index (χ4v) is 4.19. The van der Waals surface area contributed by atoms with E-state index in [1.807, 2.05) is 13.8 Å². The lowest BCUT2D eigenvalue weighted by atomic mass is 10.0. The monoisotopic (exact) mass is 486 g/mol. The fraction of sp³-hybridized carbons (Fsp3) is 0.400. The molecule has 4 rings (SSSR count). The molecule has 1 atom stereocenters. The largest absolute Gasteiger partial charge is 0.453 e. The van der Waals surface area contributed by atoms with Crippen molar-refractivity contribution in [2.24, 2.45) is 5.92 Å². The zero-order valence-corrected chi connectivity index (χ0v) is 19.6. The number of benzene rings is 2. The van der Waals surface area contributed by atoms with E-state index in [0.717, 1.165) is 12.1 Å². The number of carbonyl (C=O) groups is 2.